The molecule has 0 bridgehead atoms. The molecule has 16 heavy (non-hydrogen) atoms. The van der Waals surface area contributed by atoms with Crippen LogP contribution in [0.5, 0.6) is 0 Å². The molecule has 1 fully saturated rings. The summed E-state index contributed by atoms with van der Waals surface area (Å²) in [5.74, 6) is 1.96. The minimum absolute atomic E-state index is 0.661. The van der Waals surface area contributed by atoms with Crippen molar-refractivity contribution in [3.8, 4) is 0 Å². The number of thioether (sulfide) groups is 1. The summed E-state index contributed by atoms with van der Waals surface area (Å²) in [6.45, 7) is 8.22. The highest BCUT2D eigenvalue weighted by atomic mass is 32.2. The van der Waals surface area contributed by atoms with E-state index in [1.165, 1.54) is 25.1 Å². The van der Waals surface area contributed by atoms with Crippen LogP contribution in [0.2, 0.25) is 0 Å². The minimum atomic E-state index is 0.661. The number of nitrogens with one attached hydrogen (secondary N) is 1. The molecule has 1 aliphatic rings. The zero-order valence-electron chi connectivity index (χ0n) is 11.5. The first kappa shape index (κ1) is 14.3. The van der Waals surface area contributed by atoms with E-state index in [-0.39, 0.29) is 0 Å². The smallest absolute Gasteiger partial charge is 0.0157 e. The van der Waals surface area contributed by atoms with Crippen LogP contribution < -0.4 is 5.32 Å². The molecule has 1 N–H and O–H groups in total. The van der Waals surface area contributed by atoms with Gasteiger partial charge in [-0.25, -0.2) is 0 Å². The van der Waals surface area contributed by atoms with E-state index < -0.39 is 0 Å². The van der Waals surface area contributed by atoms with Crippen molar-refractivity contribution in [2.45, 2.75) is 51.7 Å². The fourth-order valence-corrected chi connectivity index (χ4v) is 2.69. The van der Waals surface area contributed by atoms with Crippen LogP contribution in [0.15, 0.2) is 0 Å². The molecule has 3 atom stereocenters. The Bertz CT molecular complexity index is 194. The van der Waals surface area contributed by atoms with Crippen molar-refractivity contribution in [2.75, 3.05) is 25.6 Å². The van der Waals surface area contributed by atoms with E-state index in [0.717, 1.165) is 12.0 Å². The average Bonchev–Trinajstić information content (AvgIpc) is 3.07. The van der Waals surface area contributed by atoms with E-state index in [1.54, 1.807) is 0 Å². The summed E-state index contributed by atoms with van der Waals surface area (Å²) in [7, 11) is 2.26. The lowest BCUT2D eigenvalue weighted by Crippen LogP contribution is -2.44. The highest BCUT2D eigenvalue weighted by molar-refractivity contribution is 7.98. The van der Waals surface area contributed by atoms with Gasteiger partial charge in [0.15, 0.2) is 0 Å². The Labute approximate surface area is 106 Å². The summed E-state index contributed by atoms with van der Waals surface area (Å²) >= 11 is 1.94. The van der Waals surface area contributed by atoms with Crippen molar-refractivity contribution >= 4 is 11.8 Å². The lowest BCUT2D eigenvalue weighted by atomic mass is 10.0. The van der Waals surface area contributed by atoms with E-state index in [0.29, 0.717) is 12.1 Å². The number of hydrogen-bond donors (Lipinski definition) is 1. The van der Waals surface area contributed by atoms with Gasteiger partial charge < -0.3 is 5.32 Å². The molecule has 3 unspecified atom stereocenters. The zero-order valence-corrected chi connectivity index (χ0v) is 12.3. The average molecular weight is 244 g/mol. The van der Waals surface area contributed by atoms with Crippen LogP contribution in [-0.2, 0) is 0 Å². The van der Waals surface area contributed by atoms with Crippen LogP contribution in [-0.4, -0.2) is 48.6 Å². The quantitative estimate of drug-likeness (QED) is 0.706. The van der Waals surface area contributed by atoms with Gasteiger partial charge >= 0.3 is 0 Å². The molecule has 1 aliphatic carbocycles. The van der Waals surface area contributed by atoms with Gasteiger partial charge in [0.1, 0.15) is 0 Å². The minimum Gasteiger partial charge on any atom is -0.314 e. The van der Waals surface area contributed by atoms with Gasteiger partial charge in [-0.05, 0) is 52.5 Å². The van der Waals surface area contributed by atoms with Gasteiger partial charge in [-0.1, -0.05) is 6.92 Å². The second-order valence-electron chi connectivity index (χ2n) is 5.37. The summed E-state index contributed by atoms with van der Waals surface area (Å²) in [6.07, 6.45) is 4.96. The van der Waals surface area contributed by atoms with Crippen molar-refractivity contribution in [1.82, 2.24) is 10.2 Å². The molecule has 1 rings (SSSR count). The maximum absolute atomic E-state index is 3.63. The monoisotopic (exact) mass is 244 g/mol. The van der Waals surface area contributed by atoms with Crippen molar-refractivity contribution in [1.29, 1.82) is 0 Å². The molecule has 0 heterocycles. The van der Waals surface area contributed by atoms with E-state index in [4.69, 9.17) is 0 Å². The molecule has 96 valence electrons. The molecule has 0 aliphatic heterocycles. The van der Waals surface area contributed by atoms with Gasteiger partial charge in [-0.3, -0.25) is 4.90 Å². The maximum Gasteiger partial charge on any atom is 0.0157 e. The van der Waals surface area contributed by atoms with Gasteiger partial charge in [0.2, 0.25) is 0 Å². The molecule has 0 aromatic heterocycles. The van der Waals surface area contributed by atoms with Crippen molar-refractivity contribution in [3.05, 3.63) is 0 Å². The van der Waals surface area contributed by atoms with Gasteiger partial charge in [0.25, 0.3) is 0 Å². The molecular weight excluding hydrogens is 216 g/mol. The van der Waals surface area contributed by atoms with E-state index in [2.05, 4.69) is 44.3 Å². The third-order valence-electron chi connectivity index (χ3n) is 3.87. The second kappa shape index (κ2) is 6.87. The van der Waals surface area contributed by atoms with Crippen LogP contribution >= 0.6 is 11.8 Å². The molecule has 2 nitrogen and oxygen atoms in total. The number of nitrogens with zero attached hydrogens (tertiary/aromatic N) is 1. The third-order valence-corrected chi connectivity index (χ3v) is 4.69. The predicted molar refractivity (Wildman–Crippen MR) is 75.3 cm³/mol. The highest BCUT2D eigenvalue weighted by Crippen LogP contribution is 2.20. The third kappa shape index (κ3) is 4.64. The first-order chi connectivity index (χ1) is 7.56. The Morgan fingerprint density at radius 3 is 2.44 bits per heavy atom. The fraction of sp³-hybridized carbons (Fsp3) is 1.00. The van der Waals surface area contributed by atoms with Crippen molar-refractivity contribution in [2.24, 2.45) is 5.92 Å². The van der Waals surface area contributed by atoms with E-state index in [1.807, 2.05) is 11.8 Å². The Morgan fingerprint density at radius 1 is 1.31 bits per heavy atom. The first-order valence-electron chi connectivity index (χ1n) is 6.50. The SMILES string of the molecule is CSCC(C)N(C)C(C)C(C)CNC1CC1. The summed E-state index contributed by atoms with van der Waals surface area (Å²) in [5, 5.41) is 3.63. The van der Waals surface area contributed by atoms with Crippen LogP contribution in [0.25, 0.3) is 0 Å². The van der Waals surface area contributed by atoms with Crippen LogP contribution in [0.4, 0.5) is 0 Å². The summed E-state index contributed by atoms with van der Waals surface area (Å²) < 4.78 is 0. The van der Waals surface area contributed by atoms with Gasteiger partial charge in [-0.15, -0.1) is 0 Å². The molecule has 1 saturated carbocycles. The zero-order chi connectivity index (χ0) is 12.1. The Hall–Kier alpha value is 0.270. The summed E-state index contributed by atoms with van der Waals surface area (Å²) in [4.78, 5) is 2.52. The molecule has 0 saturated heterocycles. The molecular formula is C13H28N2S. The van der Waals surface area contributed by atoms with Crippen LogP contribution in [0, 0.1) is 5.92 Å². The molecule has 0 spiro atoms. The second-order valence-corrected chi connectivity index (χ2v) is 6.28. The lowest BCUT2D eigenvalue weighted by molar-refractivity contribution is 0.161. The summed E-state index contributed by atoms with van der Waals surface area (Å²) in [6, 6.07) is 2.17. The Balaban J connectivity index is 2.25. The van der Waals surface area contributed by atoms with Crippen LogP contribution in [0.1, 0.15) is 33.6 Å². The van der Waals surface area contributed by atoms with Crippen molar-refractivity contribution < 1.29 is 0 Å². The number of hydrogen-bond acceptors (Lipinski definition) is 3. The molecule has 0 amide bonds. The Kier molecular flexibility index (Phi) is 6.16. The van der Waals surface area contributed by atoms with Gasteiger partial charge in [0, 0.05) is 23.9 Å². The molecule has 0 radical (unpaired) electrons. The normalized spacial score (nSPS) is 22.1. The standard InChI is InChI=1S/C13H28N2S/c1-10(8-14-13-6-7-13)12(3)15(4)11(2)9-16-5/h10-14H,6-9H2,1-5H3. The van der Waals surface area contributed by atoms with Gasteiger partial charge in [0.05, 0.1) is 0 Å². The molecule has 3 heteroatoms. The maximum atomic E-state index is 3.63. The van der Waals surface area contributed by atoms with Crippen LogP contribution in [0.3, 0.4) is 0 Å². The topological polar surface area (TPSA) is 15.3 Å². The molecule has 0 aromatic rings. The highest BCUT2D eigenvalue weighted by Gasteiger charge is 2.24. The van der Waals surface area contributed by atoms with E-state index >= 15 is 0 Å². The van der Waals surface area contributed by atoms with E-state index in [9.17, 15) is 0 Å². The fourth-order valence-electron chi connectivity index (χ4n) is 1.97. The Morgan fingerprint density at radius 2 is 1.94 bits per heavy atom. The van der Waals surface area contributed by atoms with Gasteiger partial charge in [-0.2, -0.15) is 11.8 Å². The largest absolute Gasteiger partial charge is 0.314 e. The molecule has 0 aromatic carbocycles. The predicted octanol–water partition coefficient (Wildman–Crippen LogP) is 2.45. The first-order valence-corrected chi connectivity index (χ1v) is 7.89. The lowest BCUT2D eigenvalue weighted by Gasteiger charge is -2.34. The summed E-state index contributed by atoms with van der Waals surface area (Å²) in [5.41, 5.74) is 0. The van der Waals surface area contributed by atoms with Crippen molar-refractivity contribution in [3.63, 3.8) is 0 Å². The number of rotatable bonds is 8.